The molecule has 1 aliphatic rings. The number of rotatable bonds is 4. The van der Waals surface area contributed by atoms with E-state index in [1.807, 2.05) is 0 Å². The van der Waals surface area contributed by atoms with Crippen molar-refractivity contribution in [1.29, 1.82) is 0 Å². The van der Waals surface area contributed by atoms with Gasteiger partial charge in [0.05, 0.1) is 5.56 Å². The third-order valence-corrected chi connectivity index (χ3v) is 4.21. The predicted octanol–water partition coefficient (Wildman–Crippen LogP) is 3.23. The molecule has 4 nitrogen and oxygen atoms in total. The lowest BCUT2D eigenvalue weighted by Crippen LogP contribution is -2.04. The zero-order valence-electron chi connectivity index (χ0n) is 12.4. The van der Waals surface area contributed by atoms with Crippen LogP contribution in [0.15, 0.2) is 18.2 Å². The molecule has 0 aliphatic heterocycles. The lowest BCUT2D eigenvalue weighted by Gasteiger charge is -2.16. The highest BCUT2D eigenvalue weighted by molar-refractivity contribution is 5.91. The summed E-state index contributed by atoms with van der Waals surface area (Å²) in [5.74, 6) is 0.472. The topological polar surface area (TPSA) is 60.9 Å². The minimum atomic E-state index is 0.472. The van der Waals surface area contributed by atoms with E-state index in [0.717, 1.165) is 37.7 Å². The maximum atomic E-state index is 11.4. The molecular weight excluding hydrogens is 262 g/mol. The van der Waals surface area contributed by atoms with Crippen LogP contribution in [-0.4, -0.2) is 16.1 Å². The molecule has 2 N–H and O–H groups in total. The van der Waals surface area contributed by atoms with Gasteiger partial charge in [-0.25, -0.2) is 4.68 Å². The van der Waals surface area contributed by atoms with Crippen molar-refractivity contribution in [2.75, 3.05) is 5.73 Å². The standard InChI is InChI=1S/C17H21N3O/c1-2-9-20-17(18)15(11-21)16(19-20)14-8-7-12-5-3-4-6-13(12)10-14/h7-8,10-11H,2-6,9,18H2,1H3. The van der Waals surface area contributed by atoms with Crippen LogP contribution >= 0.6 is 0 Å². The minimum absolute atomic E-state index is 0.472. The van der Waals surface area contributed by atoms with Gasteiger partial charge in [-0.15, -0.1) is 0 Å². The fraction of sp³-hybridized carbons (Fsp3) is 0.412. The van der Waals surface area contributed by atoms with Crippen molar-refractivity contribution in [3.05, 3.63) is 34.9 Å². The summed E-state index contributed by atoms with van der Waals surface area (Å²) in [4.78, 5) is 11.4. The Morgan fingerprint density at radius 2 is 2.05 bits per heavy atom. The fourth-order valence-electron chi connectivity index (χ4n) is 3.08. The van der Waals surface area contributed by atoms with Gasteiger partial charge in [-0.05, 0) is 49.3 Å². The number of nitrogen functional groups attached to an aromatic ring is 1. The van der Waals surface area contributed by atoms with Crippen LogP contribution < -0.4 is 5.73 Å². The number of carbonyl (C=O) groups excluding carboxylic acids is 1. The van der Waals surface area contributed by atoms with Crippen molar-refractivity contribution >= 4 is 12.1 Å². The van der Waals surface area contributed by atoms with E-state index < -0.39 is 0 Å². The molecule has 1 aliphatic carbocycles. The smallest absolute Gasteiger partial charge is 0.156 e. The molecule has 1 aromatic heterocycles. The van der Waals surface area contributed by atoms with Crippen LogP contribution in [0.4, 0.5) is 5.82 Å². The second kappa shape index (κ2) is 5.72. The first kappa shape index (κ1) is 13.9. The Balaban J connectivity index is 2.07. The van der Waals surface area contributed by atoms with Gasteiger partial charge in [-0.2, -0.15) is 5.10 Å². The maximum absolute atomic E-state index is 11.4. The van der Waals surface area contributed by atoms with Crippen LogP contribution in [-0.2, 0) is 19.4 Å². The van der Waals surface area contributed by atoms with Gasteiger partial charge in [0.2, 0.25) is 0 Å². The zero-order valence-corrected chi connectivity index (χ0v) is 12.4. The number of hydrogen-bond donors (Lipinski definition) is 1. The van der Waals surface area contributed by atoms with Gasteiger partial charge >= 0.3 is 0 Å². The normalized spacial score (nSPS) is 14.0. The molecule has 21 heavy (non-hydrogen) atoms. The van der Waals surface area contributed by atoms with E-state index in [9.17, 15) is 4.79 Å². The summed E-state index contributed by atoms with van der Waals surface area (Å²) in [6.07, 6.45) is 6.54. The van der Waals surface area contributed by atoms with Crippen LogP contribution in [0, 0.1) is 0 Å². The second-order valence-electron chi connectivity index (χ2n) is 5.68. The van der Waals surface area contributed by atoms with Crippen molar-refractivity contribution in [1.82, 2.24) is 9.78 Å². The first-order chi connectivity index (χ1) is 10.2. The molecule has 1 aromatic carbocycles. The van der Waals surface area contributed by atoms with Gasteiger partial charge in [0.25, 0.3) is 0 Å². The van der Waals surface area contributed by atoms with Crippen LogP contribution in [0.25, 0.3) is 11.3 Å². The number of benzene rings is 1. The summed E-state index contributed by atoms with van der Waals surface area (Å²) in [5.41, 5.74) is 11.1. The number of hydrogen-bond acceptors (Lipinski definition) is 3. The third-order valence-electron chi connectivity index (χ3n) is 4.21. The molecule has 0 atom stereocenters. The van der Waals surface area contributed by atoms with Crippen LogP contribution in [0.5, 0.6) is 0 Å². The molecule has 3 rings (SSSR count). The molecule has 0 amide bonds. The molecule has 0 fully saturated rings. The van der Waals surface area contributed by atoms with Gasteiger partial charge in [0.15, 0.2) is 6.29 Å². The molecule has 1 heterocycles. The minimum Gasteiger partial charge on any atom is -0.383 e. The zero-order chi connectivity index (χ0) is 14.8. The van der Waals surface area contributed by atoms with Crippen molar-refractivity contribution in [3.8, 4) is 11.3 Å². The predicted molar refractivity (Wildman–Crippen MR) is 84.4 cm³/mol. The van der Waals surface area contributed by atoms with Crippen molar-refractivity contribution in [2.24, 2.45) is 0 Å². The van der Waals surface area contributed by atoms with Gasteiger partial charge in [0, 0.05) is 12.1 Å². The van der Waals surface area contributed by atoms with E-state index >= 15 is 0 Å². The fourth-order valence-corrected chi connectivity index (χ4v) is 3.08. The Morgan fingerprint density at radius 3 is 2.76 bits per heavy atom. The Bertz CT molecular complexity index is 673. The number of aryl methyl sites for hydroxylation is 3. The second-order valence-corrected chi connectivity index (χ2v) is 5.68. The quantitative estimate of drug-likeness (QED) is 0.876. The number of carbonyl (C=O) groups is 1. The lowest BCUT2D eigenvalue weighted by molar-refractivity contribution is 0.112. The summed E-state index contributed by atoms with van der Waals surface area (Å²) < 4.78 is 1.73. The number of nitrogens with two attached hydrogens (primary N) is 1. The lowest BCUT2D eigenvalue weighted by atomic mass is 9.89. The Labute approximate surface area is 125 Å². The highest BCUT2D eigenvalue weighted by Gasteiger charge is 2.18. The van der Waals surface area contributed by atoms with Gasteiger partial charge in [0.1, 0.15) is 11.5 Å². The molecule has 0 unspecified atom stereocenters. The van der Waals surface area contributed by atoms with E-state index in [2.05, 4.69) is 30.2 Å². The number of fused-ring (bicyclic) bond motifs is 1. The molecular formula is C17H21N3O. The van der Waals surface area contributed by atoms with E-state index in [4.69, 9.17) is 5.73 Å². The summed E-state index contributed by atoms with van der Waals surface area (Å²) >= 11 is 0. The molecule has 4 heteroatoms. The molecule has 0 spiro atoms. The van der Waals surface area contributed by atoms with Gasteiger partial charge in [-0.1, -0.05) is 19.1 Å². The SMILES string of the molecule is CCCn1nc(-c2ccc3c(c2)CCCC3)c(C=O)c1N. The summed E-state index contributed by atoms with van der Waals surface area (Å²) in [6.45, 7) is 2.80. The van der Waals surface area contributed by atoms with Crippen molar-refractivity contribution in [3.63, 3.8) is 0 Å². The Kier molecular flexibility index (Phi) is 3.78. The van der Waals surface area contributed by atoms with Gasteiger partial charge < -0.3 is 5.73 Å². The molecule has 0 saturated carbocycles. The molecule has 0 bridgehead atoms. The Morgan fingerprint density at radius 1 is 1.29 bits per heavy atom. The first-order valence-electron chi connectivity index (χ1n) is 7.68. The van der Waals surface area contributed by atoms with Crippen LogP contribution in [0.3, 0.4) is 0 Å². The molecule has 0 radical (unpaired) electrons. The first-order valence-corrected chi connectivity index (χ1v) is 7.68. The van der Waals surface area contributed by atoms with Crippen molar-refractivity contribution < 1.29 is 4.79 Å². The Hall–Kier alpha value is -2.10. The molecule has 0 saturated heterocycles. The van der Waals surface area contributed by atoms with Gasteiger partial charge in [-0.3, -0.25) is 4.79 Å². The van der Waals surface area contributed by atoms with E-state index in [-0.39, 0.29) is 0 Å². The summed E-state index contributed by atoms with van der Waals surface area (Å²) in [7, 11) is 0. The largest absolute Gasteiger partial charge is 0.383 e. The third kappa shape index (κ3) is 2.46. The van der Waals surface area contributed by atoms with Crippen LogP contribution in [0.1, 0.15) is 47.7 Å². The van der Waals surface area contributed by atoms with Crippen molar-refractivity contribution in [2.45, 2.75) is 45.6 Å². The molecule has 110 valence electrons. The number of anilines is 1. The van der Waals surface area contributed by atoms with E-state index in [1.165, 1.54) is 24.0 Å². The number of aromatic nitrogens is 2. The average molecular weight is 283 g/mol. The monoisotopic (exact) mass is 283 g/mol. The maximum Gasteiger partial charge on any atom is 0.156 e. The number of nitrogens with zero attached hydrogens (tertiary/aromatic N) is 2. The number of aldehydes is 1. The molecule has 2 aromatic rings. The van der Waals surface area contributed by atoms with E-state index in [0.29, 0.717) is 17.1 Å². The van der Waals surface area contributed by atoms with Crippen LogP contribution in [0.2, 0.25) is 0 Å². The van der Waals surface area contributed by atoms with E-state index in [1.54, 1.807) is 4.68 Å². The average Bonchev–Trinajstić information content (AvgIpc) is 2.83. The summed E-state index contributed by atoms with van der Waals surface area (Å²) in [5, 5.41) is 4.55. The highest BCUT2D eigenvalue weighted by atomic mass is 16.1. The summed E-state index contributed by atoms with van der Waals surface area (Å²) in [6, 6.07) is 6.42. The highest BCUT2D eigenvalue weighted by Crippen LogP contribution is 2.30.